The molecular formula is C17H16N4O. The zero-order chi connectivity index (χ0) is 15.4. The lowest BCUT2D eigenvalue weighted by Gasteiger charge is -2.04. The number of hydrogen-bond acceptors (Lipinski definition) is 4. The summed E-state index contributed by atoms with van der Waals surface area (Å²) in [6, 6.07) is 15.3. The summed E-state index contributed by atoms with van der Waals surface area (Å²) in [6.07, 6.45) is 3.50. The summed E-state index contributed by atoms with van der Waals surface area (Å²) in [5.74, 6) is 1.29. The number of hydrogen-bond donors (Lipinski definition) is 2. The fourth-order valence-corrected chi connectivity index (χ4v) is 2.13. The Bertz CT molecular complexity index is 808. The number of imidazole rings is 1. The molecule has 0 atom stereocenters. The third kappa shape index (κ3) is 2.83. The number of anilines is 1. The van der Waals surface area contributed by atoms with Crippen LogP contribution in [0.5, 0.6) is 5.75 Å². The van der Waals surface area contributed by atoms with E-state index in [4.69, 9.17) is 10.5 Å². The zero-order valence-corrected chi connectivity index (χ0v) is 12.2. The van der Waals surface area contributed by atoms with Gasteiger partial charge in [0.05, 0.1) is 12.8 Å². The van der Waals surface area contributed by atoms with Crippen LogP contribution >= 0.6 is 0 Å². The normalized spacial score (nSPS) is 11.0. The van der Waals surface area contributed by atoms with Gasteiger partial charge in [-0.1, -0.05) is 30.3 Å². The van der Waals surface area contributed by atoms with Crippen molar-refractivity contribution in [2.45, 2.75) is 0 Å². The van der Waals surface area contributed by atoms with E-state index in [9.17, 15) is 0 Å². The van der Waals surface area contributed by atoms with Crippen molar-refractivity contribution in [1.29, 1.82) is 0 Å². The van der Waals surface area contributed by atoms with Gasteiger partial charge in [0.2, 0.25) is 5.95 Å². The van der Waals surface area contributed by atoms with Gasteiger partial charge in [0.1, 0.15) is 5.75 Å². The average Bonchev–Trinajstić information content (AvgIpc) is 3.03. The van der Waals surface area contributed by atoms with Crippen LogP contribution in [0, 0.1) is 0 Å². The number of aliphatic imine (C=N–C) groups is 1. The van der Waals surface area contributed by atoms with Gasteiger partial charge in [0.25, 0.3) is 0 Å². The molecule has 0 bridgehead atoms. The Labute approximate surface area is 128 Å². The zero-order valence-electron chi connectivity index (χ0n) is 12.2. The highest BCUT2D eigenvalue weighted by molar-refractivity contribution is 5.88. The third-order valence-corrected chi connectivity index (χ3v) is 3.27. The summed E-state index contributed by atoms with van der Waals surface area (Å²) >= 11 is 0. The van der Waals surface area contributed by atoms with Crippen molar-refractivity contribution < 1.29 is 4.74 Å². The Morgan fingerprint density at radius 3 is 2.73 bits per heavy atom. The highest BCUT2D eigenvalue weighted by Gasteiger charge is 2.08. The predicted octanol–water partition coefficient (Wildman–Crippen LogP) is 3.42. The second-order valence-electron chi connectivity index (χ2n) is 4.70. The minimum Gasteiger partial charge on any atom is -0.496 e. The number of aromatic nitrogens is 2. The lowest BCUT2D eigenvalue weighted by molar-refractivity contribution is 0.416. The van der Waals surface area contributed by atoms with E-state index in [1.807, 2.05) is 48.5 Å². The highest BCUT2D eigenvalue weighted by atomic mass is 16.5. The van der Waals surface area contributed by atoms with Gasteiger partial charge < -0.3 is 15.5 Å². The number of nitrogen functional groups attached to an aromatic ring is 1. The Kier molecular flexibility index (Phi) is 3.87. The molecule has 0 fully saturated rings. The van der Waals surface area contributed by atoms with E-state index in [1.54, 1.807) is 19.5 Å². The number of nitrogens with zero attached hydrogens (tertiary/aromatic N) is 2. The van der Waals surface area contributed by atoms with Crippen molar-refractivity contribution >= 4 is 17.9 Å². The molecule has 1 aromatic heterocycles. The van der Waals surface area contributed by atoms with Crippen LogP contribution in [0.2, 0.25) is 0 Å². The van der Waals surface area contributed by atoms with Crippen molar-refractivity contribution in [1.82, 2.24) is 9.97 Å². The first kappa shape index (κ1) is 13.9. The van der Waals surface area contributed by atoms with Gasteiger partial charge in [-0.25, -0.2) is 9.98 Å². The first-order valence-electron chi connectivity index (χ1n) is 6.85. The molecule has 0 saturated heterocycles. The maximum Gasteiger partial charge on any atom is 0.227 e. The van der Waals surface area contributed by atoms with Crippen molar-refractivity contribution in [3.8, 4) is 17.0 Å². The smallest absolute Gasteiger partial charge is 0.227 e. The third-order valence-electron chi connectivity index (χ3n) is 3.27. The molecule has 0 radical (unpaired) electrons. The summed E-state index contributed by atoms with van der Waals surface area (Å²) in [5.41, 5.74) is 9.12. The first-order valence-corrected chi connectivity index (χ1v) is 6.85. The fourth-order valence-electron chi connectivity index (χ4n) is 2.13. The van der Waals surface area contributed by atoms with Crippen molar-refractivity contribution in [2.75, 3.05) is 12.8 Å². The highest BCUT2D eigenvalue weighted by Crippen LogP contribution is 2.29. The van der Waals surface area contributed by atoms with Crippen LogP contribution in [0.4, 0.5) is 11.6 Å². The number of rotatable bonds is 4. The van der Waals surface area contributed by atoms with Crippen molar-refractivity contribution in [2.24, 2.45) is 4.99 Å². The van der Waals surface area contributed by atoms with E-state index in [0.29, 0.717) is 11.6 Å². The van der Waals surface area contributed by atoms with Crippen LogP contribution in [0.3, 0.4) is 0 Å². The van der Waals surface area contributed by atoms with Gasteiger partial charge in [0.15, 0.2) is 0 Å². The molecule has 2 aromatic carbocycles. The number of aromatic amines is 1. The summed E-state index contributed by atoms with van der Waals surface area (Å²) < 4.78 is 5.35. The molecule has 0 spiro atoms. The lowest BCUT2D eigenvalue weighted by Crippen LogP contribution is -1.91. The minimum atomic E-state index is 0.518. The number of ether oxygens (including phenoxy) is 1. The maximum atomic E-state index is 5.88. The molecule has 5 heteroatoms. The van der Waals surface area contributed by atoms with Crippen LogP contribution in [0.25, 0.3) is 11.3 Å². The van der Waals surface area contributed by atoms with Gasteiger partial charge in [-0.2, -0.15) is 0 Å². The average molecular weight is 292 g/mol. The van der Waals surface area contributed by atoms with Gasteiger partial charge in [0, 0.05) is 29.2 Å². The molecule has 0 saturated carbocycles. The summed E-state index contributed by atoms with van der Waals surface area (Å²) in [6.45, 7) is 0. The largest absolute Gasteiger partial charge is 0.496 e. The van der Waals surface area contributed by atoms with Gasteiger partial charge in [-0.05, 0) is 18.2 Å². The number of H-pyrrole nitrogens is 1. The van der Waals surface area contributed by atoms with Crippen molar-refractivity contribution in [3.05, 3.63) is 60.3 Å². The van der Waals surface area contributed by atoms with E-state index in [2.05, 4.69) is 15.0 Å². The molecule has 3 aromatic rings. The second-order valence-corrected chi connectivity index (χ2v) is 4.70. The summed E-state index contributed by atoms with van der Waals surface area (Å²) in [7, 11) is 1.64. The number of nitrogens with one attached hydrogen (secondary N) is 1. The standard InChI is InChI=1S/C17H16N4O/c1-22-16-9-5-3-7-13(16)15-11-20-17(21-15)19-10-12-6-2-4-8-14(12)18/h2-11H,18H2,1H3,(H,20,21). The van der Waals surface area contributed by atoms with E-state index in [-0.39, 0.29) is 0 Å². The molecule has 0 aliphatic carbocycles. The topological polar surface area (TPSA) is 76.3 Å². The molecule has 22 heavy (non-hydrogen) atoms. The number of para-hydroxylation sites is 2. The molecular weight excluding hydrogens is 276 g/mol. The first-order chi connectivity index (χ1) is 10.8. The van der Waals surface area contributed by atoms with Crippen LogP contribution in [0.15, 0.2) is 59.7 Å². The van der Waals surface area contributed by atoms with Gasteiger partial charge >= 0.3 is 0 Å². The van der Waals surface area contributed by atoms with Gasteiger partial charge in [-0.3, -0.25) is 0 Å². The Morgan fingerprint density at radius 2 is 1.91 bits per heavy atom. The lowest BCUT2D eigenvalue weighted by atomic mass is 10.1. The Morgan fingerprint density at radius 1 is 1.14 bits per heavy atom. The monoisotopic (exact) mass is 292 g/mol. The predicted molar refractivity (Wildman–Crippen MR) is 88.7 cm³/mol. The second kappa shape index (κ2) is 6.13. The van der Waals surface area contributed by atoms with E-state index >= 15 is 0 Å². The van der Waals surface area contributed by atoms with E-state index in [1.165, 1.54) is 0 Å². The Balaban J connectivity index is 1.87. The fraction of sp³-hybridized carbons (Fsp3) is 0.0588. The number of nitrogens with two attached hydrogens (primary N) is 1. The SMILES string of the molecule is COc1ccccc1-c1c[nH]c(N=Cc2ccccc2N)n1. The molecule has 3 rings (SSSR count). The molecule has 0 aliphatic rings. The van der Waals surface area contributed by atoms with E-state index < -0.39 is 0 Å². The van der Waals surface area contributed by atoms with Crippen LogP contribution < -0.4 is 10.5 Å². The molecule has 3 N–H and O–H groups in total. The number of methoxy groups -OCH3 is 1. The quantitative estimate of drug-likeness (QED) is 0.571. The van der Waals surface area contributed by atoms with Crippen LogP contribution in [0.1, 0.15) is 5.56 Å². The minimum absolute atomic E-state index is 0.518. The summed E-state index contributed by atoms with van der Waals surface area (Å²) in [4.78, 5) is 11.8. The summed E-state index contributed by atoms with van der Waals surface area (Å²) in [5, 5.41) is 0. The van der Waals surface area contributed by atoms with Crippen molar-refractivity contribution in [3.63, 3.8) is 0 Å². The molecule has 5 nitrogen and oxygen atoms in total. The molecule has 0 unspecified atom stereocenters. The van der Waals surface area contributed by atoms with Crippen LogP contribution in [-0.4, -0.2) is 23.3 Å². The molecule has 110 valence electrons. The van der Waals surface area contributed by atoms with E-state index in [0.717, 1.165) is 22.6 Å². The number of benzene rings is 2. The Hall–Kier alpha value is -3.08. The van der Waals surface area contributed by atoms with Gasteiger partial charge in [-0.15, -0.1) is 0 Å². The maximum absolute atomic E-state index is 5.88. The molecule has 0 aliphatic heterocycles. The molecule has 0 amide bonds. The molecule has 1 heterocycles. The van der Waals surface area contributed by atoms with Crippen LogP contribution in [-0.2, 0) is 0 Å².